The van der Waals surface area contributed by atoms with Gasteiger partial charge in [-0.3, -0.25) is 0 Å². The van der Waals surface area contributed by atoms with Crippen molar-refractivity contribution in [3.8, 4) is 0 Å². The standard InChI is InChI=1S/C16H21BrN4/c1-9(2)14-20-15(18-5)11(4)16(21-14)19-13-7-10(3)6-12(17)8-13/h6-9H,1-5H3,(H2,18,19,20,21). The minimum Gasteiger partial charge on any atom is -0.373 e. The van der Waals surface area contributed by atoms with Gasteiger partial charge in [0.25, 0.3) is 0 Å². The monoisotopic (exact) mass is 348 g/mol. The molecule has 0 atom stereocenters. The van der Waals surface area contributed by atoms with Gasteiger partial charge in [-0.25, -0.2) is 9.97 Å². The molecule has 4 nitrogen and oxygen atoms in total. The van der Waals surface area contributed by atoms with E-state index in [2.05, 4.69) is 69.4 Å². The maximum Gasteiger partial charge on any atom is 0.139 e. The highest BCUT2D eigenvalue weighted by Gasteiger charge is 2.12. The molecule has 21 heavy (non-hydrogen) atoms. The van der Waals surface area contributed by atoms with Crippen LogP contribution in [-0.4, -0.2) is 17.0 Å². The van der Waals surface area contributed by atoms with E-state index in [0.717, 1.165) is 33.2 Å². The fraction of sp³-hybridized carbons (Fsp3) is 0.375. The lowest BCUT2D eigenvalue weighted by Crippen LogP contribution is -2.08. The lowest BCUT2D eigenvalue weighted by molar-refractivity contribution is 0.775. The van der Waals surface area contributed by atoms with E-state index in [4.69, 9.17) is 0 Å². The van der Waals surface area contributed by atoms with Crippen molar-refractivity contribution in [3.05, 3.63) is 39.6 Å². The number of aryl methyl sites for hydroxylation is 1. The summed E-state index contributed by atoms with van der Waals surface area (Å²) in [5.74, 6) is 2.82. The first-order valence-corrected chi connectivity index (χ1v) is 7.80. The molecule has 2 N–H and O–H groups in total. The topological polar surface area (TPSA) is 49.8 Å². The van der Waals surface area contributed by atoms with Crippen LogP contribution in [0.5, 0.6) is 0 Å². The Morgan fingerprint density at radius 2 is 1.71 bits per heavy atom. The molecule has 1 aromatic carbocycles. The Bertz CT molecular complexity index is 633. The van der Waals surface area contributed by atoms with Crippen molar-refractivity contribution in [2.24, 2.45) is 0 Å². The summed E-state index contributed by atoms with van der Waals surface area (Å²) in [6, 6.07) is 6.22. The van der Waals surface area contributed by atoms with Gasteiger partial charge in [0.05, 0.1) is 0 Å². The number of hydrogen-bond acceptors (Lipinski definition) is 4. The summed E-state index contributed by atoms with van der Waals surface area (Å²) in [7, 11) is 1.88. The molecule has 5 heteroatoms. The predicted molar refractivity (Wildman–Crippen MR) is 92.6 cm³/mol. The highest BCUT2D eigenvalue weighted by atomic mass is 79.9. The average Bonchev–Trinajstić information content (AvgIpc) is 2.39. The third-order valence-corrected chi connectivity index (χ3v) is 3.68. The van der Waals surface area contributed by atoms with Crippen LogP contribution in [0.3, 0.4) is 0 Å². The van der Waals surface area contributed by atoms with E-state index in [-0.39, 0.29) is 5.92 Å². The first-order chi connectivity index (χ1) is 9.90. The molecule has 0 saturated carbocycles. The Morgan fingerprint density at radius 3 is 2.29 bits per heavy atom. The lowest BCUT2D eigenvalue weighted by Gasteiger charge is -2.15. The fourth-order valence-corrected chi connectivity index (χ4v) is 2.71. The molecule has 1 aromatic heterocycles. The second kappa shape index (κ2) is 6.43. The number of benzene rings is 1. The van der Waals surface area contributed by atoms with Gasteiger partial charge < -0.3 is 10.6 Å². The molecule has 0 aliphatic heterocycles. The van der Waals surface area contributed by atoms with E-state index < -0.39 is 0 Å². The Hall–Kier alpha value is -1.62. The molecular weight excluding hydrogens is 328 g/mol. The SMILES string of the molecule is CNc1nc(C(C)C)nc(Nc2cc(C)cc(Br)c2)c1C. The Balaban J connectivity index is 2.45. The second-order valence-corrected chi connectivity index (χ2v) is 6.37. The lowest BCUT2D eigenvalue weighted by atomic mass is 10.2. The minimum atomic E-state index is 0.280. The van der Waals surface area contributed by atoms with Gasteiger partial charge in [0, 0.05) is 28.7 Å². The van der Waals surface area contributed by atoms with E-state index >= 15 is 0 Å². The molecular formula is C16H21BrN4. The number of anilines is 3. The van der Waals surface area contributed by atoms with Crippen LogP contribution in [0, 0.1) is 13.8 Å². The van der Waals surface area contributed by atoms with E-state index in [1.54, 1.807) is 0 Å². The van der Waals surface area contributed by atoms with E-state index in [9.17, 15) is 0 Å². The van der Waals surface area contributed by atoms with Crippen LogP contribution < -0.4 is 10.6 Å². The molecule has 0 saturated heterocycles. The van der Waals surface area contributed by atoms with Crippen LogP contribution in [0.2, 0.25) is 0 Å². The molecule has 112 valence electrons. The van der Waals surface area contributed by atoms with Crippen LogP contribution in [0.15, 0.2) is 22.7 Å². The highest BCUT2D eigenvalue weighted by Crippen LogP contribution is 2.27. The molecule has 0 amide bonds. The summed E-state index contributed by atoms with van der Waals surface area (Å²) < 4.78 is 1.05. The van der Waals surface area contributed by atoms with Gasteiger partial charge in [0.15, 0.2) is 0 Å². The summed E-state index contributed by atoms with van der Waals surface area (Å²) >= 11 is 3.53. The third-order valence-electron chi connectivity index (χ3n) is 3.22. The first kappa shape index (κ1) is 15.8. The zero-order valence-electron chi connectivity index (χ0n) is 13.1. The molecule has 0 radical (unpaired) electrons. The number of halogens is 1. The van der Waals surface area contributed by atoms with Gasteiger partial charge in [-0.1, -0.05) is 29.8 Å². The predicted octanol–water partition coefficient (Wildman–Crippen LogP) is 4.76. The molecule has 0 aliphatic rings. The molecule has 2 rings (SSSR count). The van der Waals surface area contributed by atoms with Crippen LogP contribution in [0.25, 0.3) is 0 Å². The summed E-state index contributed by atoms with van der Waals surface area (Å²) in [5, 5.41) is 6.54. The molecule has 0 aliphatic carbocycles. The minimum absolute atomic E-state index is 0.280. The molecule has 2 aromatic rings. The van der Waals surface area contributed by atoms with Crippen molar-refractivity contribution in [1.29, 1.82) is 0 Å². The van der Waals surface area contributed by atoms with Crippen molar-refractivity contribution < 1.29 is 0 Å². The van der Waals surface area contributed by atoms with Crippen molar-refractivity contribution in [1.82, 2.24) is 9.97 Å². The largest absolute Gasteiger partial charge is 0.373 e. The van der Waals surface area contributed by atoms with Gasteiger partial charge in [-0.2, -0.15) is 0 Å². The van der Waals surface area contributed by atoms with Crippen LogP contribution in [-0.2, 0) is 0 Å². The maximum absolute atomic E-state index is 4.66. The number of nitrogens with one attached hydrogen (secondary N) is 2. The zero-order valence-corrected chi connectivity index (χ0v) is 14.7. The van der Waals surface area contributed by atoms with Crippen LogP contribution >= 0.6 is 15.9 Å². The summed E-state index contributed by atoms with van der Waals surface area (Å²) in [6.45, 7) is 8.28. The van der Waals surface area contributed by atoms with Crippen LogP contribution in [0.1, 0.15) is 36.7 Å². The number of rotatable bonds is 4. The molecule has 0 bridgehead atoms. The first-order valence-electron chi connectivity index (χ1n) is 7.01. The Kier molecular flexibility index (Phi) is 4.83. The number of aromatic nitrogens is 2. The quantitative estimate of drug-likeness (QED) is 0.835. The Morgan fingerprint density at radius 1 is 1.05 bits per heavy atom. The van der Waals surface area contributed by atoms with E-state index in [1.807, 2.05) is 20.0 Å². The zero-order chi connectivity index (χ0) is 15.6. The van der Waals surface area contributed by atoms with Gasteiger partial charge in [0.2, 0.25) is 0 Å². The molecule has 0 fully saturated rings. The maximum atomic E-state index is 4.66. The van der Waals surface area contributed by atoms with Crippen molar-refractivity contribution in [2.75, 3.05) is 17.7 Å². The smallest absolute Gasteiger partial charge is 0.139 e. The molecule has 0 unspecified atom stereocenters. The summed E-state index contributed by atoms with van der Waals surface area (Å²) in [6.07, 6.45) is 0. The Labute approximate surface area is 134 Å². The van der Waals surface area contributed by atoms with E-state index in [1.165, 1.54) is 5.56 Å². The van der Waals surface area contributed by atoms with Gasteiger partial charge in [-0.15, -0.1) is 0 Å². The highest BCUT2D eigenvalue weighted by molar-refractivity contribution is 9.10. The van der Waals surface area contributed by atoms with Crippen molar-refractivity contribution >= 4 is 33.3 Å². The van der Waals surface area contributed by atoms with Gasteiger partial charge >= 0.3 is 0 Å². The normalized spacial score (nSPS) is 10.8. The second-order valence-electron chi connectivity index (χ2n) is 5.45. The molecule has 1 heterocycles. The number of nitrogens with zero attached hydrogens (tertiary/aromatic N) is 2. The van der Waals surface area contributed by atoms with Gasteiger partial charge in [0.1, 0.15) is 17.5 Å². The van der Waals surface area contributed by atoms with Crippen molar-refractivity contribution in [3.63, 3.8) is 0 Å². The fourth-order valence-electron chi connectivity index (χ4n) is 2.10. The third kappa shape index (κ3) is 3.73. The van der Waals surface area contributed by atoms with Crippen LogP contribution in [0.4, 0.5) is 17.3 Å². The summed E-state index contributed by atoms with van der Waals surface area (Å²) in [5.41, 5.74) is 3.22. The van der Waals surface area contributed by atoms with Crippen molar-refractivity contribution in [2.45, 2.75) is 33.6 Å². The summed E-state index contributed by atoms with van der Waals surface area (Å²) in [4.78, 5) is 9.21. The van der Waals surface area contributed by atoms with E-state index in [0.29, 0.717) is 0 Å². The average molecular weight is 349 g/mol. The number of hydrogen-bond donors (Lipinski definition) is 2. The van der Waals surface area contributed by atoms with Gasteiger partial charge in [-0.05, 0) is 37.6 Å². The molecule has 0 spiro atoms.